The molecule has 2 heterocycles. The summed E-state index contributed by atoms with van der Waals surface area (Å²) in [6, 6.07) is 15.3. The highest BCUT2D eigenvalue weighted by atomic mass is 16.2. The summed E-state index contributed by atoms with van der Waals surface area (Å²) < 4.78 is 0. The molecule has 20 heteroatoms. The largest absolute Gasteiger partial charge is 0.370 e. The lowest BCUT2D eigenvalue weighted by atomic mass is 9.92. The second-order valence-corrected chi connectivity index (χ2v) is 17.5. The molecule has 0 radical (unpaired) electrons. The highest BCUT2D eigenvalue weighted by Gasteiger charge is 2.56. The van der Waals surface area contributed by atoms with Gasteiger partial charge in [-0.1, -0.05) is 73.5 Å². The Morgan fingerprint density at radius 3 is 2.22 bits per heavy atom. The lowest BCUT2D eigenvalue weighted by Crippen LogP contribution is -2.61. The van der Waals surface area contributed by atoms with E-state index < -0.39 is 77.2 Å². The van der Waals surface area contributed by atoms with Crippen molar-refractivity contribution in [3.63, 3.8) is 0 Å². The SMILES string of the molecule is CN[C@@H](CCCNC(=N)N)C(=O)N[C@@H](Cc1c[nH]c2ccccc12)C(=O)N[C@@H](CCCCNC(=O)C[C@@H]1NC(=O)N(C2(C(=O)N[C@@H](C=O)Cc3ccc4ccccc4c3)CCCC2)C1=O)C(N)=O. The number of carbonyl (C=O) groups excluding carboxylic acids is 8. The topological polar surface area (TPSA) is 316 Å². The van der Waals surface area contributed by atoms with E-state index in [1.807, 2.05) is 66.7 Å². The van der Waals surface area contributed by atoms with Gasteiger partial charge in [-0.25, -0.2) is 9.69 Å². The first-order valence-electron chi connectivity index (χ1n) is 23.1. The minimum Gasteiger partial charge on any atom is -0.370 e. The number of H-pyrrole nitrogens is 1. The van der Waals surface area contributed by atoms with Crippen LogP contribution in [0.1, 0.15) is 75.3 Å². The molecule has 68 heavy (non-hydrogen) atoms. The number of urea groups is 1. The Hall–Kier alpha value is -7.35. The number of para-hydroxylation sites is 1. The Morgan fingerprint density at radius 1 is 0.824 bits per heavy atom. The molecule has 362 valence electrons. The number of primary amides is 1. The molecule has 1 aromatic heterocycles. The molecule has 1 aliphatic heterocycles. The van der Waals surface area contributed by atoms with Gasteiger partial charge in [-0.2, -0.15) is 0 Å². The monoisotopic (exact) mass is 934 g/mol. The van der Waals surface area contributed by atoms with Crippen molar-refractivity contribution in [3.8, 4) is 0 Å². The van der Waals surface area contributed by atoms with E-state index in [0.717, 1.165) is 37.7 Å². The van der Waals surface area contributed by atoms with Crippen LogP contribution in [0.3, 0.4) is 0 Å². The number of rotatable bonds is 25. The van der Waals surface area contributed by atoms with Crippen LogP contribution >= 0.6 is 0 Å². The maximum absolute atomic E-state index is 14.0. The number of aromatic nitrogens is 1. The van der Waals surface area contributed by atoms with Crippen molar-refractivity contribution in [1.29, 1.82) is 5.41 Å². The van der Waals surface area contributed by atoms with Crippen molar-refractivity contribution in [2.45, 2.75) is 113 Å². The summed E-state index contributed by atoms with van der Waals surface area (Å²) in [5, 5.41) is 29.5. The third-order valence-electron chi connectivity index (χ3n) is 12.7. The highest BCUT2D eigenvalue weighted by Crippen LogP contribution is 2.38. The molecule has 4 aromatic rings. The molecule has 2 aliphatic rings. The molecule has 0 spiro atoms. The van der Waals surface area contributed by atoms with Gasteiger partial charge in [0.05, 0.1) is 18.5 Å². The molecule has 20 nitrogen and oxygen atoms in total. The van der Waals surface area contributed by atoms with Crippen LogP contribution in [0.4, 0.5) is 4.79 Å². The van der Waals surface area contributed by atoms with Gasteiger partial charge in [0.25, 0.3) is 5.91 Å². The number of likely N-dealkylation sites (N-methyl/N-ethyl adjacent to an activating group) is 1. The summed E-state index contributed by atoms with van der Waals surface area (Å²) in [5.41, 5.74) is 12.0. The Kier molecular flexibility index (Phi) is 17.2. The van der Waals surface area contributed by atoms with Crippen LogP contribution < -0.4 is 48.7 Å². The lowest BCUT2D eigenvalue weighted by Gasteiger charge is -2.35. The second-order valence-electron chi connectivity index (χ2n) is 17.5. The van der Waals surface area contributed by atoms with Gasteiger partial charge >= 0.3 is 6.03 Å². The number of aromatic amines is 1. The van der Waals surface area contributed by atoms with Crippen LogP contribution in [-0.2, 0) is 46.4 Å². The first kappa shape index (κ1) is 50.1. The van der Waals surface area contributed by atoms with Gasteiger partial charge in [0.2, 0.25) is 29.5 Å². The zero-order valence-electron chi connectivity index (χ0n) is 38.2. The van der Waals surface area contributed by atoms with Gasteiger partial charge in [0.1, 0.15) is 30.0 Å². The molecule has 8 amide bonds. The molecule has 1 aliphatic carbocycles. The Labute approximate surface area is 393 Å². The summed E-state index contributed by atoms with van der Waals surface area (Å²) >= 11 is 0. The quantitative estimate of drug-likeness (QED) is 0.0147. The third-order valence-corrected chi connectivity index (χ3v) is 12.7. The number of imide groups is 1. The Morgan fingerprint density at radius 2 is 1.50 bits per heavy atom. The number of amides is 8. The molecule has 1 saturated carbocycles. The summed E-state index contributed by atoms with van der Waals surface area (Å²) in [4.78, 5) is 110. The molecular formula is C48H62N12O8. The number of nitrogens with one attached hydrogen (secondary N) is 9. The number of unbranched alkanes of at least 4 members (excludes halogenated alkanes) is 1. The lowest BCUT2D eigenvalue weighted by molar-refractivity contribution is -0.143. The first-order valence-corrected chi connectivity index (χ1v) is 23.1. The maximum atomic E-state index is 14.0. The second kappa shape index (κ2) is 23.4. The predicted octanol–water partition coefficient (Wildman–Crippen LogP) is 1.01. The number of nitrogens with two attached hydrogens (primary N) is 2. The first-order chi connectivity index (χ1) is 32.7. The normalized spacial score (nSPS) is 17.1. The van der Waals surface area contributed by atoms with Crippen molar-refractivity contribution < 1.29 is 38.4 Å². The van der Waals surface area contributed by atoms with Crippen molar-refractivity contribution >= 4 is 75.4 Å². The van der Waals surface area contributed by atoms with Gasteiger partial charge in [0.15, 0.2) is 5.96 Å². The molecule has 0 bridgehead atoms. The van der Waals surface area contributed by atoms with Crippen molar-refractivity contribution in [1.82, 2.24) is 47.1 Å². The molecule has 6 rings (SSSR count). The number of benzene rings is 3. The van der Waals surface area contributed by atoms with Gasteiger partial charge < -0.3 is 58.5 Å². The van der Waals surface area contributed by atoms with E-state index >= 15 is 0 Å². The smallest absolute Gasteiger partial charge is 0.325 e. The van der Waals surface area contributed by atoms with Crippen molar-refractivity contribution in [2.75, 3.05) is 20.1 Å². The highest BCUT2D eigenvalue weighted by molar-refractivity contribution is 6.10. The Balaban J connectivity index is 0.994. The fourth-order valence-electron chi connectivity index (χ4n) is 9.10. The van der Waals surface area contributed by atoms with Crippen LogP contribution in [0.25, 0.3) is 21.7 Å². The molecular weight excluding hydrogens is 873 g/mol. The number of fused-ring (bicyclic) bond motifs is 2. The van der Waals surface area contributed by atoms with E-state index in [1.54, 1.807) is 13.2 Å². The summed E-state index contributed by atoms with van der Waals surface area (Å²) in [5.74, 6) is -3.86. The molecule has 2 fully saturated rings. The number of nitrogens with zero attached hydrogens (tertiary/aromatic N) is 1. The van der Waals surface area contributed by atoms with Crippen LogP contribution in [0.5, 0.6) is 0 Å². The summed E-state index contributed by atoms with van der Waals surface area (Å²) in [6.45, 7) is 0.517. The molecule has 3 aromatic carbocycles. The van der Waals surface area contributed by atoms with Gasteiger partial charge in [-0.15, -0.1) is 0 Å². The van der Waals surface area contributed by atoms with Crippen LogP contribution in [0, 0.1) is 5.41 Å². The summed E-state index contributed by atoms with van der Waals surface area (Å²) in [6.07, 6.45) is 5.64. The average Bonchev–Trinajstić information content (AvgIpc) is 4.05. The van der Waals surface area contributed by atoms with Gasteiger partial charge in [-0.05, 0) is 86.4 Å². The molecule has 13 N–H and O–H groups in total. The number of hydrogen-bond donors (Lipinski definition) is 11. The van der Waals surface area contributed by atoms with Crippen LogP contribution in [-0.4, -0.2) is 119 Å². The van der Waals surface area contributed by atoms with Crippen molar-refractivity contribution in [2.24, 2.45) is 11.5 Å². The van der Waals surface area contributed by atoms with Gasteiger partial charge in [0, 0.05) is 36.6 Å². The van der Waals surface area contributed by atoms with Gasteiger partial charge in [-0.3, -0.25) is 34.2 Å². The predicted molar refractivity (Wildman–Crippen MR) is 255 cm³/mol. The zero-order valence-corrected chi connectivity index (χ0v) is 38.2. The van der Waals surface area contributed by atoms with E-state index in [2.05, 4.69) is 42.2 Å². The Bertz CT molecular complexity index is 2500. The van der Waals surface area contributed by atoms with Crippen LogP contribution in [0.2, 0.25) is 0 Å². The summed E-state index contributed by atoms with van der Waals surface area (Å²) in [7, 11) is 1.62. The van der Waals surface area contributed by atoms with E-state index in [0.29, 0.717) is 51.4 Å². The zero-order chi connectivity index (χ0) is 48.8. The minimum atomic E-state index is -1.52. The minimum absolute atomic E-state index is 0.102. The van der Waals surface area contributed by atoms with E-state index in [9.17, 15) is 38.4 Å². The van der Waals surface area contributed by atoms with E-state index in [-0.39, 0.29) is 51.0 Å². The standard InChI is InChI=1S/C48H62N12O8/c1-52-37(16-10-22-54-46(50)51)42(64)58-38(25-32-27-55-35-14-5-4-13-34(32)35)43(65)57-36(41(49)63)15-6-9-21-53-40(62)26-39-44(66)60(47(68)59-39)48(19-7-8-20-48)45(67)56-33(28-61)24-29-17-18-30-11-2-3-12-31(30)23-29/h2-5,11-14,17-18,23,27-28,33,36-39,52,55H,6-10,15-16,19-22,24-26H2,1H3,(H2,49,63)(H,53,62)(H,56,67)(H,57,65)(H,58,64)(H,59,68)(H4,50,51,54)/t33-,36+,37+,38+,39+/m1/s1. The third kappa shape index (κ3) is 12.5. The number of guanidine groups is 1. The van der Waals surface area contributed by atoms with E-state index in [4.69, 9.17) is 16.9 Å². The van der Waals surface area contributed by atoms with Crippen molar-refractivity contribution in [3.05, 3.63) is 84.1 Å². The molecule has 5 atom stereocenters. The molecule has 0 unspecified atom stereocenters. The fourth-order valence-corrected chi connectivity index (χ4v) is 9.10. The fraction of sp³-hybridized carbons (Fsp3) is 0.438. The molecule has 1 saturated heterocycles. The number of aldehydes is 1. The van der Waals surface area contributed by atoms with E-state index in [1.165, 1.54) is 0 Å². The average molecular weight is 935 g/mol. The number of carbonyl (C=O) groups is 8. The maximum Gasteiger partial charge on any atom is 0.325 e. The number of hydrogen-bond acceptors (Lipinski definition) is 10. The van der Waals surface area contributed by atoms with Crippen LogP contribution in [0.15, 0.2) is 72.9 Å².